The maximum absolute atomic E-state index is 11.6. The summed E-state index contributed by atoms with van der Waals surface area (Å²) in [5, 5.41) is 1.01. The average Bonchev–Trinajstić information content (AvgIpc) is 2.72. The van der Waals surface area contributed by atoms with E-state index in [9.17, 15) is 4.79 Å². The van der Waals surface area contributed by atoms with E-state index in [1.807, 2.05) is 24.3 Å². The summed E-state index contributed by atoms with van der Waals surface area (Å²) >= 11 is 1.40. The first-order valence-electron chi connectivity index (χ1n) is 5.00. The topological polar surface area (TPSA) is 35.5 Å². The molecule has 1 aromatic heterocycles. The van der Waals surface area contributed by atoms with Gasteiger partial charge in [-0.2, -0.15) is 0 Å². The van der Waals surface area contributed by atoms with Gasteiger partial charge in [-0.15, -0.1) is 11.3 Å². The van der Waals surface area contributed by atoms with E-state index in [1.54, 1.807) is 14.0 Å². The Kier molecular flexibility index (Phi) is 3.10. The van der Waals surface area contributed by atoms with Crippen LogP contribution < -0.4 is 4.74 Å². The van der Waals surface area contributed by atoms with Crippen LogP contribution >= 0.6 is 11.3 Å². The Balaban J connectivity index is 2.47. The number of thiophene rings is 1. The van der Waals surface area contributed by atoms with Crippen LogP contribution in [0.15, 0.2) is 24.3 Å². The SMILES string of the molecule is CCOC(=O)c1cc2cccc(OC)c2s1. The second-order valence-corrected chi connectivity index (χ2v) is 4.26. The number of esters is 1. The summed E-state index contributed by atoms with van der Waals surface area (Å²) in [4.78, 5) is 12.2. The van der Waals surface area contributed by atoms with Crippen LogP contribution in [0.5, 0.6) is 5.75 Å². The molecule has 0 bridgehead atoms. The Hall–Kier alpha value is -1.55. The van der Waals surface area contributed by atoms with Crippen LogP contribution in [0, 0.1) is 0 Å². The molecule has 0 amide bonds. The third-order valence-corrected chi connectivity index (χ3v) is 3.35. The predicted octanol–water partition coefficient (Wildman–Crippen LogP) is 3.09. The minimum Gasteiger partial charge on any atom is -0.495 e. The predicted molar refractivity (Wildman–Crippen MR) is 64.3 cm³/mol. The molecule has 0 atom stereocenters. The Morgan fingerprint density at radius 3 is 2.94 bits per heavy atom. The first kappa shape index (κ1) is 11.0. The van der Waals surface area contributed by atoms with Gasteiger partial charge in [0.2, 0.25) is 0 Å². The van der Waals surface area contributed by atoms with E-state index in [-0.39, 0.29) is 5.97 Å². The molecule has 0 N–H and O–H groups in total. The summed E-state index contributed by atoms with van der Waals surface area (Å²) in [6, 6.07) is 7.58. The fourth-order valence-corrected chi connectivity index (χ4v) is 2.54. The van der Waals surface area contributed by atoms with Gasteiger partial charge in [0.1, 0.15) is 10.6 Å². The summed E-state index contributed by atoms with van der Waals surface area (Å²) in [6.07, 6.45) is 0. The van der Waals surface area contributed by atoms with Crippen LogP contribution in [0.2, 0.25) is 0 Å². The van der Waals surface area contributed by atoms with Crippen LogP contribution in [-0.4, -0.2) is 19.7 Å². The molecule has 84 valence electrons. The van der Waals surface area contributed by atoms with E-state index in [0.29, 0.717) is 11.5 Å². The lowest BCUT2D eigenvalue weighted by Gasteiger charge is -1.99. The number of carbonyl (C=O) groups is 1. The first-order valence-corrected chi connectivity index (χ1v) is 5.81. The molecule has 1 aromatic carbocycles. The molecule has 2 aromatic rings. The Morgan fingerprint density at radius 1 is 1.44 bits per heavy atom. The van der Waals surface area contributed by atoms with E-state index in [0.717, 1.165) is 15.8 Å². The van der Waals surface area contributed by atoms with E-state index < -0.39 is 0 Å². The van der Waals surface area contributed by atoms with Gasteiger partial charge in [0.15, 0.2) is 0 Å². The number of methoxy groups -OCH3 is 1. The zero-order valence-corrected chi connectivity index (χ0v) is 9.97. The third-order valence-electron chi connectivity index (χ3n) is 2.20. The van der Waals surface area contributed by atoms with E-state index in [1.165, 1.54) is 11.3 Å². The fraction of sp³-hybridized carbons (Fsp3) is 0.250. The number of hydrogen-bond donors (Lipinski definition) is 0. The Morgan fingerprint density at radius 2 is 2.25 bits per heavy atom. The standard InChI is InChI=1S/C12H12O3S/c1-3-15-12(13)10-7-8-5-4-6-9(14-2)11(8)16-10/h4-7H,3H2,1-2H3. The maximum atomic E-state index is 11.6. The molecule has 0 radical (unpaired) electrons. The highest BCUT2D eigenvalue weighted by Gasteiger charge is 2.13. The van der Waals surface area contributed by atoms with Crippen LogP contribution in [0.25, 0.3) is 10.1 Å². The molecular weight excluding hydrogens is 224 g/mol. The summed E-state index contributed by atoms with van der Waals surface area (Å²) in [5.74, 6) is 0.517. The lowest BCUT2D eigenvalue weighted by Crippen LogP contribution is -2.01. The monoisotopic (exact) mass is 236 g/mol. The van der Waals surface area contributed by atoms with Crippen molar-refractivity contribution >= 4 is 27.4 Å². The molecule has 0 aliphatic rings. The second-order valence-electron chi connectivity index (χ2n) is 3.21. The largest absolute Gasteiger partial charge is 0.495 e. The molecule has 3 nitrogen and oxygen atoms in total. The molecule has 0 fully saturated rings. The lowest BCUT2D eigenvalue weighted by molar-refractivity contribution is 0.0532. The zero-order chi connectivity index (χ0) is 11.5. The number of hydrogen-bond acceptors (Lipinski definition) is 4. The zero-order valence-electron chi connectivity index (χ0n) is 9.15. The van der Waals surface area contributed by atoms with Gasteiger partial charge < -0.3 is 9.47 Å². The molecule has 4 heteroatoms. The van der Waals surface area contributed by atoms with E-state index in [4.69, 9.17) is 9.47 Å². The van der Waals surface area contributed by atoms with Crippen molar-refractivity contribution in [2.24, 2.45) is 0 Å². The minimum atomic E-state index is -0.272. The van der Waals surface area contributed by atoms with Crippen molar-refractivity contribution < 1.29 is 14.3 Å². The van der Waals surface area contributed by atoms with Crippen molar-refractivity contribution in [2.75, 3.05) is 13.7 Å². The Bertz CT molecular complexity index is 516. The van der Waals surface area contributed by atoms with Gasteiger partial charge >= 0.3 is 5.97 Å². The molecular formula is C12H12O3S. The van der Waals surface area contributed by atoms with E-state index >= 15 is 0 Å². The van der Waals surface area contributed by atoms with Gasteiger partial charge in [-0.3, -0.25) is 0 Å². The molecule has 2 rings (SSSR count). The van der Waals surface area contributed by atoms with Crippen LogP contribution in [0.3, 0.4) is 0 Å². The second kappa shape index (κ2) is 4.53. The molecule has 0 aliphatic carbocycles. The van der Waals surface area contributed by atoms with Gasteiger partial charge in [0.25, 0.3) is 0 Å². The van der Waals surface area contributed by atoms with Gasteiger partial charge in [-0.25, -0.2) is 4.79 Å². The quantitative estimate of drug-likeness (QED) is 0.768. The van der Waals surface area contributed by atoms with Crippen molar-refractivity contribution in [3.63, 3.8) is 0 Å². The number of ether oxygens (including phenoxy) is 2. The minimum absolute atomic E-state index is 0.272. The average molecular weight is 236 g/mol. The Labute approximate surface area is 97.6 Å². The highest BCUT2D eigenvalue weighted by atomic mass is 32.1. The number of benzene rings is 1. The molecule has 0 saturated carbocycles. The maximum Gasteiger partial charge on any atom is 0.348 e. The highest BCUT2D eigenvalue weighted by Crippen LogP contribution is 2.33. The van der Waals surface area contributed by atoms with Crippen molar-refractivity contribution in [3.05, 3.63) is 29.1 Å². The highest BCUT2D eigenvalue weighted by molar-refractivity contribution is 7.21. The van der Waals surface area contributed by atoms with Crippen molar-refractivity contribution in [3.8, 4) is 5.75 Å². The van der Waals surface area contributed by atoms with Crippen molar-refractivity contribution in [2.45, 2.75) is 6.92 Å². The third kappa shape index (κ3) is 1.88. The van der Waals surface area contributed by atoms with Crippen LogP contribution in [-0.2, 0) is 4.74 Å². The fourth-order valence-electron chi connectivity index (χ4n) is 1.50. The summed E-state index contributed by atoms with van der Waals surface area (Å²) in [6.45, 7) is 2.19. The smallest absolute Gasteiger partial charge is 0.348 e. The molecule has 1 heterocycles. The molecule has 0 unspecified atom stereocenters. The molecule has 16 heavy (non-hydrogen) atoms. The van der Waals surface area contributed by atoms with Crippen LogP contribution in [0.4, 0.5) is 0 Å². The summed E-state index contributed by atoms with van der Waals surface area (Å²) in [5.41, 5.74) is 0. The number of rotatable bonds is 3. The molecule has 0 saturated heterocycles. The van der Waals surface area contributed by atoms with Gasteiger partial charge in [0, 0.05) is 0 Å². The van der Waals surface area contributed by atoms with Crippen LogP contribution in [0.1, 0.15) is 16.6 Å². The number of carbonyl (C=O) groups excluding carboxylic acids is 1. The lowest BCUT2D eigenvalue weighted by atomic mass is 10.2. The van der Waals surface area contributed by atoms with E-state index in [2.05, 4.69) is 0 Å². The first-order chi connectivity index (χ1) is 7.76. The van der Waals surface area contributed by atoms with Crippen molar-refractivity contribution in [1.82, 2.24) is 0 Å². The van der Waals surface area contributed by atoms with Gasteiger partial charge in [-0.05, 0) is 24.4 Å². The molecule has 0 aliphatic heterocycles. The van der Waals surface area contributed by atoms with Gasteiger partial charge in [0.05, 0.1) is 18.4 Å². The summed E-state index contributed by atoms with van der Waals surface area (Å²) < 4.78 is 11.2. The number of fused-ring (bicyclic) bond motifs is 1. The molecule has 0 spiro atoms. The normalized spacial score (nSPS) is 10.4. The van der Waals surface area contributed by atoms with Gasteiger partial charge in [-0.1, -0.05) is 12.1 Å². The summed E-state index contributed by atoms with van der Waals surface area (Å²) in [7, 11) is 1.62. The van der Waals surface area contributed by atoms with Crippen molar-refractivity contribution in [1.29, 1.82) is 0 Å².